The van der Waals surface area contributed by atoms with E-state index < -0.39 is 70.0 Å². The van der Waals surface area contributed by atoms with Gasteiger partial charge in [0.05, 0.1) is 24.1 Å². The molecule has 0 saturated carbocycles. The quantitative estimate of drug-likeness (QED) is 0.460. The fraction of sp³-hybridized carbons (Fsp3) is 0.400. The van der Waals surface area contributed by atoms with Gasteiger partial charge in [-0.05, 0) is 31.7 Å². The Balaban J connectivity index is 2.01. The first-order valence-electron chi connectivity index (χ1n) is 11.8. The molecule has 1 amide bonds. The van der Waals surface area contributed by atoms with Crippen molar-refractivity contribution in [1.82, 2.24) is 14.9 Å². The van der Waals surface area contributed by atoms with E-state index in [-0.39, 0.29) is 24.5 Å². The van der Waals surface area contributed by atoms with Gasteiger partial charge in [-0.25, -0.2) is 26.9 Å². The molecule has 0 spiro atoms. The van der Waals surface area contributed by atoms with Gasteiger partial charge in [-0.3, -0.25) is 14.2 Å². The predicted molar refractivity (Wildman–Crippen MR) is 127 cm³/mol. The second kappa shape index (κ2) is 10.8. The van der Waals surface area contributed by atoms with Crippen LogP contribution in [0.1, 0.15) is 43.0 Å². The molecule has 2 N–H and O–H groups in total. The average molecular weight is 524 g/mol. The molecule has 1 aliphatic heterocycles. The summed E-state index contributed by atoms with van der Waals surface area (Å²) in [7, 11) is 0. The Morgan fingerprint density at radius 1 is 1.16 bits per heavy atom. The molecule has 4 rings (SSSR count). The van der Waals surface area contributed by atoms with E-state index in [0.29, 0.717) is 31.5 Å². The number of nitrogens with zero attached hydrogens (tertiary/aromatic N) is 3. The molecule has 1 aliphatic rings. The standard InChI is InChI=1S/C25H25F5N4O3/c1-2-14(10-26)31-25(37)17-11-34(21-18(28)7-13(27)8-19(21)29)23-16(22(17)36)9-20(30)24(32-23)33-6-4-3-5-15(33)12-35/h7-9,11,14-15,35H,2-6,10,12H2,1H3,(H,31,37)/t14-,15-/m0/s1. The highest BCUT2D eigenvalue weighted by molar-refractivity contribution is 5.97. The zero-order valence-electron chi connectivity index (χ0n) is 19.9. The van der Waals surface area contributed by atoms with Gasteiger partial charge in [0.25, 0.3) is 5.91 Å². The van der Waals surface area contributed by atoms with Gasteiger partial charge in [-0.1, -0.05) is 6.92 Å². The van der Waals surface area contributed by atoms with Crippen LogP contribution in [0, 0.1) is 23.3 Å². The Morgan fingerprint density at radius 3 is 2.49 bits per heavy atom. The summed E-state index contributed by atoms with van der Waals surface area (Å²) in [5.74, 6) is -6.14. The van der Waals surface area contributed by atoms with Crippen LogP contribution in [0.4, 0.5) is 27.8 Å². The highest BCUT2D eigenvalue weighted by atomic mass is 19.2. The Kier molecular flexibility index (Phi) is 7.76. The summed E-state index contributed by atoms with van der Waals surface area (Å²) in [6, 6.07) is 0.235. The number of hydrogen-bond donors (Lipinski definition) is 2. The maximum Gasteiger partial charge on any atom is 0.257 e. The number of piperidine rings is 1. The number of aromatic nitrogens is 2. The first-order chi connectivity index (χ1) is 17.7. The molecular weight excluding hydrogens is 499 g/mol. The van der Waals surface area contributed by atoms with E-state index in [1.807, 2.05) is 0 Å². The van der Waals surface area contributed by atoms with Crippen LogP contribution in [0.5, 0.6) is 0 Å². The monoisotopic (exact) mass is 524 g/mol. The van der Waals surface area contributed by atoms with Gasteiger partial charge in [0.2, 0.25) is 5.43 Å². The van der Waals surface area contributed by atoms with Crippen molar-refractivity contribution in [3.8, 4) is 5.69 Å². The van der Waals surface area contributed by atoms with Gasteiger partial charge in [0.1, 0.15) is 23.7 Å². The third kappa shape index (κ3) is 5.02. The molecule has 7 nitrogen and oxygen atoms in total. The van der Waals surface area contributed by atoms with Crippen LogP contribution in [-0.4, -0.2) is 52.5 Å². The molecule has 3 heterocycles. The van der Waals surface area contributed by atoms with Crippen LogP contribution in [-0.2, 0) is 0 Å². The van der Waals surface area contributed by atoms with Crippen molar-refractivity contribution in [1.29, 1.82) is 0 Å². The number of aliphatic hydroxyl groups excluding tert-OH is 1. The van der Waals surface area contributed by atoms with Crippen LogP contribution in [0.15, 0.2) is 29.2 Å². The van der Waals surface area contributed by atoms with E-state index >= 15 is 4.39 Å². The van der Waals surface area contributed by atoms with E-state index in [9.17, 15) is 32.3 Å². The maximum atomic E-state index is 15.3. The minimum absolute atomic E-state index is 0.201. The number of nitrogens with one attached hydrogen (secondary N) is 1. The lowest BCUT2D eigenvalue weighted by Gasteiger charge is -2.35. The third-order valence-corrected chi connectivity index (χ3v) is 6.50. The second-order valence-electron chi connectivity index (χ2n) is 8.88. The second-order valence-corrected chi connectivity index (χ2v) is 8.88. The summed E-state index contributed by atoms with van der Waals surface area (Å²) in [6.45, 7) is 0.728. The third-order valence-electron chi connectivity index (χ3n) is 6.50. The predicted octanol–water partition coefficient (Wildman–Crippen LogP) is 3.77. The van der Waals surface area contributed by atoms with E-state index in [1.165, 1.54) is 4.90 Å². The van der Waals surface area contributed by atoms with Crippen LogP contribution in [0.25, 0.3) is 16.7 Å². The summed E-state index contributed by atoms with van der Waals surface area (Å²) in [5, 5.41) is 11.6. The molecule has 0 bridgehead atoms. The lowest BCUT2D eigenvalue weighted by atomic mass is 10.0. The first-order valence-corrected chi connectivity index (χ1v) is 11.8. The van der Waals surface area contributed by atoms with Crippen molar-refractivity contribution in [2.24, 2.45) is 0 Å². The van der Waals surface area contributed by atoms with Crippen molar-refractivity contribution in [2.75, 3.05) is 24.7 Å². The van der Waals surface area contributed by atoms with Crippen molar-refractivity contribution in [3.05, 3.63) is 63.5 Å². The first kappa shape index (κ1) is 26.5. The highest BCUT2D eigenvalue weighted by Crippen LogP contribution is 2.30. The Morgan fingerprint density at radius 2 is 1.86 bits per heavy atom. The van der Waals surface area contributed by atoms with Crippen molar-refractivity contribution < 1.29 is 31.9 Å². The van der Waals surface area contributed by atoms with Gasteiger partial charge in [0, 0.05) is 24.9 Å². The Labute approximate surface area is 208 Å². The summed E-state index contributed by atoms with van der Waals surface area (Å²) in [5.41, 5.74) is -2.86. The topological polar surface area (TPSA) is 87.5 Å². The van der Waals surface area contributed by atoms with E-state index in [4.69, 9.17) is 0 Å². The molecule has 0 unspecified atom stereocenters. The summed E-state index contributed by atoms with van der Waals surface area (Å²) >= 11 is 0. The largest absolute Gasteiger partial charge is 0.394 e. The van der Waals surface area contributed by atoms with Gasteiger partial charge < -0.3 is 15.3 Å². The molecular formula is C25H25F5N4O3. The van der Waals surface area contributed by atoms with Gasteiger partial charge in [-0.15, -0.1) is 0 Å². The van der Waals surface area contributed by atoms with Crippen molar-refractivity contribution >= 4 is 22.8 Å². The molecule has 3 aromatic rings. The number of rotatable bonds is 7. The number of aliphatic hydroxyl groups is 1. The summed E-state index contributed by atoms with van der Waals surface area (Å²) in [6.07, 6.45) is 3.04. The zero-order valence-corrected chi connectivity index (χ0v) is 19.9. The number of carbonyl (C=O) groups is 1. The maximum absolute atomic E-state index is 15.3. The average Bonchev–Trinajstić information content (AvgIpc) is 2.87. The van der Waals surface area contributed by atoms with Gasteiger partial charge in [-0.2, -0.15) is 0 Å². The van der Waals surface area contributed by atoms with E-state index in [2.05, 4.69) is 10.3 Å². The molecule has 2 aromatic heterocycles. The number of fused-ring (bicyclic) bond motifs is 1. The molecule has 198 valence electrons. The highest BCUT2D eigenvalue weighted by Gasteiger charge is 2.28. The molecule has 1 fully saturated rings. The minimum atomic E-state index is -1.36. The van der Waals surface area contributed by atoms with Crippen LogP contribution < -0.4 is 15.6 Å². The zero-order chi connectivity index (χ0) is 26.9. The number of pyridine rings is 2. The molecule has 1 aromatic carbocycles. The SMILES string of the molecule is CC[C@@H](CF)NC(=O)c1cn(-c2c(F)cc(F)cc2F)c2nc(N3CCCC[C@H]3CO)c(F)cc2c1=O. The summed E-state index contributed by atoms with van der Waals surface area (Å²) in [4.78, 5) is 31.8. The normalized spacial score (nSPS) is 16.7. The van der Waals surface area contributed by atoms with Crippen LogP contribution in [0.2, 0.25) is 0 Å². The van der Waals surface area contributed by atoms with Gasteiger partial charge >= 0.3 is 0 Å². The van der Waals surface area contributed by atoms with Crippen LogP contribution >= 0.6 is 0 Å². The summed E-state index contributed by atoms with van der Waals surface area (Å²) < 4.78 is 72.6. The number of amides is 1. The number of halogens is 5. The van der Waals surface area contributed by atoms with Gasteiger partial charge in [0.15, 0.2) is 28.9 Å². The molecule has 2 atom stereocenters. The van der Waals surface area contributed by atoms with Crippen molar-refractivity contribution in [3.63, 3.8) is 0 Å². The Bertz CT molecular complexity index is 1370. The molecule has 0 radical (unpaired) electrons. The van der Waals surface area contributed by atoms with Crippen molar-refractivity contribution in [2.45, 2.75) is 44.7 Å². The fourth-order valence-electron chi connectivity index (χ4n) is 4.49. The molecule has 12 heteroatoms. The minimum Gasteiger partial charge on any atom is -0.394 e. The van der Waals surface area contributed by atoms with Crippen LogP contribution in [0.3, 0.4) is 0 Å². The number of carbonyl (C=O) groups excluding carboxylic acids is 1. The number of benzene rings is 1. The van der Waals surface area contributed by atoms with E-state index in [0.717, 1.165) is 23.3 Å². The Hall–Kier alpha value is -3.54. The number of hydrogen-bond acceptors (Lipinski definition) is 5. The lowest BCUT2D eigenvalue weighted by Crippen LogP contribution is -2.43. The fourth-order valence-corrected chi connectivity index (χ4v) is 4.49. The molecule has 0 aliphatic carbocycles. The number of anilines is 1. The smallest absolute Gasteiger partial charge is 0.257 e. The number of alkyl halides is 1. The molecule has 37 heavy (non-hydrogen) atoms. The molecule has 1 saturated heterocycles. The van der Waals surface area contributed by atoms with E-state index in [1.54, 1.807) is 6.92 Å². The lowest BCUT2D eigenvalue weighted by molar-refractivity contribution is 0.0927.